The third kappa shape index (κ3) is 3.24. The highest BCUT2D eigenvalue weighted by Gasteiger charge is 2.18. The fraction of sp³-hybridized carbons (Fsp3) is 0.400. The zero-order valence-corrected chi connectivity index (χ0v) is 9.49. The summed E-state index contributed by atoms with van der Waals surface area (Å²) in [6, 6.07) is 0. The third-order valence-corrected chi connectivity index (χ3v) is 2.11. The van der Waals surface area contributed by atoms with Crippen molar-refractivity contribution in [2.24, 2.45) is 0 Å². The Kier molecular flexibility index (Phi) is 4.32. The number of hydrogen-bond acceptors (Lipinski definition) is 2. The molecule has 1 amide bonds. The quantitative estimate of drug-likeness (QED) is 0.585. The van der Waals surface area contributed by atoms with E-state index in [1.54, 1.807) is 17.1 Å². The van der Waals surface area contributed by atoms with Gasteiger partial charge in [-0.3, -0.25) is 9.48 Å². The molecule has 1 rings (SSSR count). The maximum absolute atomic E-state index is 12.5. The van der Waals surface area contributed by atoms with Gasteiger partial charge in [0.25, 0.3) is 11.5 Å². The highest BCUT2D eigenvalue weighted by Crippen LogP contribution is 2.07. The molecule has 4 nitrogen and oxygen atoms in total. The second-order valence-electron chi connectivity index (χ2n) is 3.25. The molecule has 86 valence electrons. The Labute approximate surface area is 98.0 Å². The van der Waals surface area contributed by atoms with Crippen molar-refractivity contribution in [3.63, 3.8) is 0 Å². The first-order valence-electron chi connectivity index (χ1n) is 4.52. The molecular weight excluding hydrogens is 233 g/mol. The first kappa shape index (κ1) is 12.5. The number of amides is 1. The van der Waals surface area contributed by atoms with E-state index < -0.39 is 11.5 Å². The monoisotopic (exact) mass is 243 g/mol. The zero-order chi connectivity index (χ0) is 12.1. The van der Waals surface area contributed by atoms with Gasteiger partial charge in [-0.05, 0) is 0 Å². The van der Waals surface area contributed by atoms with Gasteiger partial charge in [0.05, 0.1) is 6.20 Å². The van der Waals surface area contributed by atoms with Gasteiger partial charge in [0.15, 0.2) is 0 Å². The Balaban J connectivity index is 2.59. The Morgan fingerprint density at radius 3 is 3.12 bits per heavy atom. The number of hydrogen-bond donors (Lipinski definition) is 0. The smallest absolute Gasteiger partial charge is 0.272 e. The molecule has 0 aliphatic carbocycles. The summed E-state index contributed by atoms with van der Waals surface area (Å²) in [5.41, 5.74) is -1.24. The summed E-state index contributed by atoms with van der Waals surface area (Å²) in [6.45, 7) is 0.607. The van der Waals surface area contributed by atoms with Crippen LogP contribution >= 0.6 is 11.6 Å². The van der Waals surface area contributed by atoms with Crippen molar-refractivity contribution in [2.75, 3.05) is 7.05 Å². The van der Waals surface area contributed by atoms with Gasteiger partial charge in [0.1, 0.15) is 6.54 Å². The fourth-order valence-electron chi connectivity index (χ4n) is 1.19. The molecule has 0 spiro atoms. The van der Waals surface area contributed by atoms with Crippen LogP contribution in [0.4, 0.5) is 4.39 Å². The van der Waals surface area contributed by atoms with Crippen LogP contribution < -0.4 is 0 Å². The molecule has 0 aliphatic rings. The minimum absolute atomic E-state index is 0.247. The lowest BCUT2D eigenvalue weighted by molar-refractivity contribution is -0.132. The molecule has 0 bridgehead atoms. The molecule has 1 aromatic heterocycles. The van der Waals surface area contributed by atoms with E-state index in [9.17, 15) is 9.18 Å². The van der Waals surface area contributed by atoms with E-state index in [4.69, 9.17) is 18.0 Å². The Morgan fingerprint density at radius 2 is 2.56 bits per heavy atom. The van der Waals surface area contributed by atoms with E-state index in [1.165, 1.54) is 11.9 Å². The summed E-state index contributed by atoms with van der Waals surface area (Å²) in [5, 5.41) is 3.97. The van der Waals surface area contributed by atoms with Crippen molar-refractivity contribution in [1.82, 2.24) is 14.7 Å². The molecule has 0 saturated heterocycles. The van der Waals surface area contributed by atoms with Gasteiger partial charge in [-0.25, -0.2) is 4.39 Å². The normalized spacial score (nSPS) is 11.9. The molecule has 0 fully saturated rings. The SMILES string of the molecule is C#CCn1cc(CN(C)C(=O)C(F)Cl)cn1. The lowest BCUT2D eigenvalue weighted by atomic mass is 10.3. The molecule has 0 aromatic carbocycles. The van der Waals surface area contributed by atoms with Crippen LogP contribution in [0.2, 0.25) is 0 Å². The van der Waals surface area contributed by atoms with E-state index in [-0.39, 0.29) is 6.54 Å². The van der Waals surface area contributed by atoms with Gasteiger partial charge in [-0.15, -0.1) is 6.42 Å². The second-order valence-corrected chi connectivity index (χ2v) is 3.63. The highest BCUT2D eigenvalue weighted by atomic mass is 35.5. The van der Waals surface area contributed by atoms with Crippen LogP contribution in [0.1, 0.15) is 5.56 Å². The summed E-state index contributed by atoms with van der Waals surface area (Å²) in [4.78, 5) is 12.3. The highest BCUT2D eigenvalue weighted by molar-refractivity contribution is 6.29. The molecule has 1 atom stereocenters. The lowest BCUT2D eigenvalue weighted by Crippen LogP contribution is -2.30. The summed E-state index contributed by atoms with van der Waals surface area (Å²) in [7, 11) is 1.47. The topological polar surface area (TPSA) is 38.1 Å². The van der Waals surface area contributed by atoms with E-state index in [2.05, 4.69) is 11.0 Å². The first-order valence-corrected chi connectivity index (χ1v) is 4.96. The summed E-state index contributed by atoms with van der Waals surface area (Å²) in [6.07, 6.45) is 8.39. The van der Waals surface area contributed by atoms with Gasteiger partial charge in [0.2, 0.25) is 0 Å². The van der Waals surface area contributed by atoms with Crippen LogP contribution in [0.5, 0.6) is 0 Å². The zero-order valence-electron chi connectivity index (χ0n) is 8.73. The summed E-state index contributed by atoms with van der Waals surface area (Å²) in [5.74, 6) is 1.66. The number of carbonyl (C=O) groups excluding carboxylic acids is 1. The minimum atomic E-state index is -2.01. The van der Waals surface area contributed by atoms with Gasteiger partial charge in [-0.1, -0.05) is 17.5 Å². The minimum Gasteiger partial charge on any atom is -0.338 e. The largest absolute Gasteiger partial charge is 0.338 e. The predicted molar refractivity (Wildman–Crippen MR) is 58.3 cm³/mol. The number of nitrogens with zero attached hydrogens (tertiary/aromatic N) is 3. The lowest BCUT2D eigenvalue weighted by Gasteiger charge is -2.15. The first-order chi connectivity index (χ1) is 7.54. The van der Waals surface area contributed by atoms with Crippen LogP contribution in [0, 0.1) is 12.3 Å². The average Bonchev–Trinajstić information content (AvgIpc) is 2.65. The maximum Gasteiger partial charge on any atom is 0.272 e. The Hall–Kier alpha value is -1.54. The number of carbonyl (C=O) groups is 1. The van der Waals surface area contributed by atoms with E-state index in [0.29, 0.717) is 6.54 Å². The van der Waals surface area contributed by atoms with Crippen molar-refractivity contribution >= 4 is 17.5 Å². The van der Waals surface area contributed by atoms with Crippen LogP contribution in [0.15, 0.2) is 12.4 Å². The number of terminal acetylenes is 1. The molecule has 16 heavy (non-hydrogen) atoms. The van der Waals surface area contributed by atoms with Crippen molar-refractivity contribution in [2.45, 2.75) is 18.7 Å². The Bertz CT molecular complexity index is 410. The Morgan fingerprint density at radius 1 is 1.88 bits per heavy atom. The van der Waals surface area contributed by atoms with Crippen LogP contribution in [0.3, 0.4) is 0 Å². The van der Waals surface area contributed by atoms with Crippen LogP contribution in [-0.4, -0.2) is 33.3 Å². The van der Waals surface area contributed by atoms with Gasteiger partial charge in [0, 0.05) is 25.4 Å². The second kappa shape index (κ2) is 5.52. The van der Waals surface area contributed by atoms with E-state index >= 15 is 0 Å². The molecule has 1 unspecified atom stereocenters. The average molecular weight is 244 g/mol. The van der Waals surface area contributed by atoms with Gasteiger partial charge < -0.3 is 4.90 Å². The van der Waals surface area contributed by atoms with E-state index in [0.717, 1.165) is 5.56 Å². The van der Waals surface area contributed by atoms with Crippen molar-refractivity contribution < 1.29 is 9.18 Å². The number of halogens is 2. The summed E-state index contributed by atoms with van der Waals surface area (Å²) >= 11 is 5.04. The molecule has 0 N–H and O–H groups in total. The number of rotatable bonds is 4. The van der Waals surface area contributed by atoms with E-state index in [1.807, 2.05) is 0 Å². The molecule has 6 heteroatoms. The molecule has 0 aliphatic heterocycles. The predicted octanol–water partition coefficient (Wildman–Crippen LogP) is 1.01. The third-order valence-electron chi connectivity index (χ3n) is 1.92. The maximum atomic E-state index is 12.5. The molecular formula is C10H11ClFN3O. The summed E-state index contributed by atoms with van der Waals surface area (Å²) < 4.78 is 14.1. The van der Waals surface area contributed by atoms with Crippen molar-refractivity contribution in [1.29, 1.82) is 0 Å². The van der Waals surface area contributed by atoms with Crippen molar-refractivity contribution in [3.8, 4) is 12.3 Å². The number of alkyl halides is 2. The van der Waals surface area contributed by atoms with Crippen LogP contribution in [-0.2, 0) is 17.9 Å². The standard InChI is InChI=1S/C10H11ClFN3O/c1-3-4-15-7-8(5-13-15)6-14(2)10(16)9(11)12/h1,5,7,9H,4,6H2,2H3. The molecule has 1 aromatic rings. The molecule has 0 saturated carbocycles. The van der Waals surface area contributed by atoms with Gasteiger partial charge in [-0.2, -0.15) is 5.10 Å². The fourth-order valence-corrected chi connectivity index (χ4v) is 1.35. The van der Waals surface area contributed by atoms with Gasteiger partial charge >= 0.3 is 0 Å². The van der Waals surface area contributed by atoms with Crippen LogP contribution in [0.25, 0.3) is 0 Å². The van der Waals surface area contributed by atoms with Crippen molar-refractivity contribution in [3.05, 3.63) is 18.0 Å². The molecule has 0 radical (unpaired) electrons. The molecule has 1 heterocycles. The number of aromatic nitrogens is 2.